The second kappa shape index (κ2) is 6.88. The highest BCUT2D eigenvalue weighted by Gasteiger charge is 2.32. The quantitative estimate of drug-likeness (QED) is 0.903. The van der Waals surface area contributed by atoms with Gasteiger partial charge >= 0.3 is 0 Å². The van der Waals surface area contributed by atoms with Crippen LogP contribution in [0.3, 0.4) is 0 Å². The molecule has 1 aliphatic heterocycles. The molecule has 0 spiro atoms. The van der Waals surface area contributed by atoms with Gasteiger partial charge in [-0.15, -0.1) is 11.3 Å². The Bertz CT molecular complexity index is 458. The van der Waals surface area contributed by atoms with Crippen molar-refractivity contribution in [1.29, 1.82) is 0 Å². The van der Waals surface area contributed by atoms with E-state index < -0.39 is 0 Å². The van der Waals surface area contributed by atoms with E-state index in [0.717, 1.165) is 12.8 Å². The van der Waals surface area contributed by atoms with Crippen molar-refractivity contribution < 1.29 is 9.59 Å². The van der Waals surface area contributed by atoms with E-state index in [2.05, 4.69) is 11.4 Å². The monoisotopic (exact) mass is 294 g/mol. The van der Waals surface area contributed by atoms with Crippen molar-refractivity contribution in [2.45, 2.75) is 39.2 Å². The molecule has 2 heterocycles. The summed E-state index contributed by atoms with van der Waals surface area (Å²) in [6.07, 6.45) is 2.16. The molecule has 2 atom stereocenters. The van der Waals surface area contributed by atoms with Gasteiger partial charge in [-0.1, -0.05) is 26.3 Å². The van der Waals surface area contributed by atoms with Gasteiger partial charge in [-0.05, 0) is 23.8 Å². The molecular formula is C15H22N2O2S. The number of nitrogens with zero attached hydrogens (tertiary/aromatic N) is 1. The van der Waals surface area contributed by atoms with Crippen molar-refractivity contribution in [1.82, 2.24) is 10.2 Å². The second-order valence-corrected chi connectivity index (χ2v) is 6.37. The number of hydrogen-bond acceptors (Lipinski definition) is 3. The molecule has 20 heavy (non-hydrogen) atoms. The van der Waals surface area contributed by atoms with Gasteiger partial charge in [-0.2, -0.15) is 0 Å². The van der Waals surface area contributed by atoms with Gasteiger partial charge in [0.1, 0.15) is 6.04 Å². The molecule has 2 amide bonds. The van der Waals surface area contributed by atoms with Crippen molar-refractivity contribution in [3.05, 3.63) is 22.4 Å². The number of carbonyl (C=O) groups excluding carboxylic acids is 2. The maximum absolute atomic E-state index is 12.6. The van der Waals surface area contributed by atoms with Crippen molar-refractivity contribution in [3.63, 3.8) is 0 Å². The van der Waals surface area contributed by atoms with Gasteiger partial charge < -0.3 is 10.2 Å². The summed E-state index contributed by atoms with van der Waals surface area (Å²) in [5.74, 6) is 0.234. The average Bonchev–Trinajstić information content (AvgIpc) is 2.91. The van der Waals surface area contributed by atoms with E-state index in [0.29, 0.717) is 19.5 Å². The van der Waals surface area contributed by atoms with E-state index in [-0.39, 0.29) is 23.8 Å². The zero-order valence-corrected chi connectivity index (χ0v) is 12.9. The van der Waals surface area contributed by atoms with E-state index >= 15 is 0 Å². The molecule has 4 nitrogen and oxygen atoms in total. The molecule has 0 aliphatic carbocycles. The predicted molar refractivity (Wildman–Crippen MR) is 80.6 cm³/mol. The maximum atomic E-state index is 12.6. The van der Waals surface area contributed by atoms with Gasteiger partial charge in [0, 0.05) is 24.4 Å². The number of amides is 2. The Kier molecular flexibility index (Phi) is 5.17. The molecule has 1 aromatic rings. The van der Waals surface area contributed by atoms with E-state index in [9.17, 15) is 9.59 Å². The Morgan fingerprint density at radius 2 is 2.30 bits per heavy atom. The molecule has 1 saturated heterocycles. The first-order valence-corrected chi connectivity index (χ1v) is 8.10. The smallest absolute Gasteiger partial charge is 0.245 e. The maximum Gasteiger partial charge on any atom is 0.245 e. The molecule has 110 valence electrons. The van der Waals surface area contributed by atoms with Crippen LogP contribution in [0.2, 0.25) is 0 Å². The van der Waals surface area contributed by atoms with E-state index in [1.54, 1.807) is 11.3 Å². The molecule has 5 heteroatoms. The van der Waals surface area contributed by atoms with Crippen LogP contribution in [-0.4, -0.2) is 35.8 Å². The van der Waals surface area contributed by atoms with Crippen LogP contribution in [0.25, 0.3) is 0 Å². The molecule has 0 radical (unpaired) electrons. The van der Waals surface area contributed by atoms with Crippen molar-refractivity contribution in [2.75, 3.05) is 13.1 Å². The Morgan fingerprint density at radius 3 is 2.95 bits per heavy atom. The Hall–Kier alpha value is -1.36. The second-order valence-electron chi connectivity index (χ2n) is 5.34. The topological polar surface area (TPSA) is 49.4 Å². The van der Waals surface area contributed by atoms with Crippen molar-refractivity contribution >= 4 is 23.2 Å². The van der Waals surface area contributed by atoms with Gasteiger partial charge in [0.25, 0.3) is 0 Å². The standard InChI is InChI=1S/C15H22N2O2S/c1-3-11(2)14-15(19)17(9-7-13(18)16-14)8-6-12-5-4-10-20-12/h4-5,10-11,14H,3,6-9H2,1-2H3,(H,16,18). The Balaban J connectivity index is 2.03. The average molecular weight is 294 g/mol. The SMILES string of the molecule is CCC(C)C1NC(=O)CCN(CCc2cccs2)C1=O. The summed E-state index contributed by atoms with van der Waals surface area (Å²) in [5.41, 5.74) is 0. The first-order chi connectivity index (χ1) is 9.61. The molecule has 1 aromatic heterocycles. The summed E-state index contributed by atoms with van der Waals surface area (Å²) >= 11 is 1.71. The van der Waals surface area contributed by atoms with Crippen molar-refractivity contribution in [3.8, 4) is 0 Å². The van der Waals surface area contributed by atoms with Gasteiger partial charge in [0.05, 0.1) is 0 Å². The van der Waals surface area contributed by atoms with Gasteiger partial charge in [0.15, 0.2) is 0 Å². The highest BCUT2D eigenvalue weighted by Crippen LogP contribution is 2.16. The van der Waals surface area contributed by atoms with Crippen LogP contribution in [-0.2, 0) is 16.0 Å². The minimum absolute atomic E-state index is 0.0118. The van der Waals surface area contributed by atoms with Crippen LogP contribution in [0.15, 0.2) is 17.5 Å². The fourth-order valence-corrected chi connectivity index (χ4v) is 3.09. The van der Waals surface area contributed by atoms with E-state index in [4.69, 9.17) is 0 Å². The molecule has 1 fully saturated rings. The summed E-state index contributed by atoms with van der Waals surface area (Å²) in [6, 6.07) is 3.75. The molecular weight excluding hydrogens is 272 g/mol. The van der Waals surface area contributed by atoms with E-state index in [1.165, 1.54) is 4.88 Å². The van der Waals surface area contributed by atoms with Crippen LogP contribution in [0.1, 0.15) is 31.6 Å². The molecule has 2 rings (SSSR count). The number of rotatable bonds is 5. The third-order valence-corrected chi connectivity index (χ3v) is 4.86. The summed E-state index contributed by atoms with van der Waals surface area (Å²) in [5, 5.41) is 4.92. The number of carbonyl (C=O) groups is 2. The zero-order chi connectivity index (χ0) is 14.5. The lowest BCUT2D eigenvalue weighted by atomic mass is 9.98. The third-order valence-electron chi connectivity index (χ3n) is 3.92. The minimum atomic E-state index is -0.363. The summed E-state index contributed by atoms with van der Waals surface area (Å²) in [7, 11) is 0. The van der Waals surface area contributed by atoms with Crippen LogP contribution >= 0.6 is 11.3 Å². The summed E-state index contributed by atoms with van der Waals surface area (Å²) < 4.78 is 0. The third kappa shape index (κ3) is 3.60. The molecule has 0 bridgehead atoms. The predicted octanol–water partition coefficient (Wildman–Crippen LogP) is 2.05. The van der Waals surface area contributed by atoms with Gasteiger partial charge in [0.2, 0.25) is 11.8 Å². The lowest BCUT2D eigenvalue weighted by molar-refractivity contribution is -0.134. The largest absolute Gasteiger partial charge is 0.344 e. The molecule has 1 N–H and O–H groups in total. The van der Waals surface area contributed by atoms with Gasteiger partial charge in [-0.25, -0.2) is 0 Å². The molecule has 0 aromatic carbocycles. The van der Waals surface area contributed by atoms with Crippen LogP contribution in [0.5, 0.6) is 0 Å². The summed E-state index contributed by atoms with van der Waals surface area (Å²) in [4.78, 5) is 27.4. The first-order valence-electron chi connectivity index (χ1n) is 7.22. The normalized spacial score (nSPS) is 21.5. The fourth-order valence-electron chi connectivity index (χ4n) is 2.39. The molecule has 0 saturated carbocycles. The Morgan fingerprint density at radius 1 is 1.50 bits per heavy atom. The lowest BCUT2D eigenvalue weighted by Gasteiger charge is -2.27. The molecule has 2 unspecified atom stereocenters. The van der Waals surface area contributed by atoms with Crippen LogP contribution < -0.4 is 5.32 Å². The lowest BCUT2D eigenvalue weighted by Crippen LogP contribution is -2.48. The summed E-state index contributed by atoms with van der Waals surface area (Å²) in [6.45, 7) is 5.29. The van der Waals surface area contributed by atoms with Crippen LogP contribution in [0.4, 0.5) is 0 Å². The van der Waals surface area contributed by atoms with Crippen molar-refractivity contribution in [2.24, 2.45) is 5.92 Å². The molecule has 1 aliphatic rings. The van der Waals surface area contributed by atoms with Crippen LogP contribution in [0, 0.1) is 5.92 Å². The Labute approximate surface area is 124 Å². The number of nitrogens with one attached hydrogen (secondary N) is 1. The number of hydrogen-bond donors (Lipinski definition) is 1. The highest BCUT2D eigenvalue weighted by molar-refractivity contribution is 7.09. The van der Waals surface area contributed by atoms with Gasteiger partial charge in [-0.3, -0.25) is 9.59 Å². The first kappa shape index (κ1) is 15.0. The fraction of sp³-hybridized carbons (Fsp3) is 0.600. The highest BCUT2D eigenvalue weighted by atomic mass is 32.1. The minimum Gasteiger partial charge on any atom is -0.344 e. The van der Waals surface area contributed by atoms with E-state index in [1.807, 2.05) is 30.2 Å². The number of thiophene rings is 1. The zero-order valence-electron chi connectivity index (χ0n) is 12.1.